The average Bonchev–Trinajstić information content (AvgIpc) is 2.59. The number of ether oxygens (including phenoxy) is 2. The maximum atomic E-state index is 12.2. The molecule has 130 valence electrons. The number of anilines is 1. The minimum atomic E-state index is -0.706. The van der Waals surface area contributed by atoms with E-state index in [4.69, 9.17) is 15.2 Å². The van der Waals surface area contributed by atoms with Crippen LogP contribution in [0, 0.1) is 0 Å². The van der Waals surface area contributed by atoms with Crippen LogP contribution < -0.4 is 15.8 Å². The SMILES string of the molecule is COCCCOc1cccc(NC(=O)C(N)c2ccccc2)c1.Cl. The minimum absolute atomic E-state index is 0. The molecule has 2 rings (SSSR count). The molecule has 0 bridgehead atoms. The van der Waals surface area contributed by atoms with E-state index in [2.05, 4.69) is 5.32 Å². The summed E-state index contributed by atoms with van der Waals surface area (Å²) in [7, 11) is 1.66. The van der Waals surface area contributed by atoms with Gasteiger partial charge in [-0.3, -0.25) is 4.79 Å². The Morgan fingerprint density at radius 2 is 1.88 bits per heavy atom. The summed E-state index contributed by atoms with van der Waals surface area (Å²) < 4.78 is 10.6. The number of nitrogens with two attached hydrogens (primary N) is 1. The van der Waals surface area contributed by atoms with Gasteiger partial charge in [0.25, 0.3) is 0 Å². The molecule has 0 aliphatic heterocycles. The monoisotopic (exact) mass is 350 g/mol. The first-order chi connectivity index (χ1) is 11.2. The van der Waals surface area contributed by atoms with E-state index in [1.54, 1.807) is 19.2 Å². The number of nitrogens with one attached hydrogen (secondary N) is 1. The number of carbonyl (C=O) groups excluding carboxylic acids is 1. The molecule has 0 aliphatic rings. The topological polar surface area (TPSA) is 73.6 Å². The lowest BCUT2D eigenvalue weighted by Crippen LogP contribution is -2.27. The molecule has 0 spiro atoms. The van der Waals surface area contributed by atoms with Crippen LogP contribution >= 0.6 is 12.4 Å². The molecule has 0 aliphatic carbocycles. The van der Waals surface area contributed by atoms with Gasteiger partial charge in [0.2, 0.25) is 5.91 Å². The van der Waals surface area contributed by atoms with Gasteiger partial charge in [-0.05, 0) is 17.7 Å². The number of methoxy groups -OCH3 is 1. The van der Waals surface area contributed by atoms with E-state index in [0.29, 0.717) is 24.7 Å². The Balaban J connectivity index is 0.00000288. The van der Waals surface area contributed by atoms with E-state index in [9.17, 15) is 4.79 Å². The zero-order chi connectivity index (χ0) is 16.5. The van der Waals surface area contributed by atoms with E-state index in [-0.39, 0.29) is 18.3 Å². The Kier molecular flexibility index (Phi) is 8.86. The normalized spacial score (nSPS) is 11.2. The largest absolute Gasteiger partial charge is 0.493 e. The van der Waals surface area contributed by atoms with Crippen LogP contribution in [0.15, 0.2) is 54.6 Å². The van der Waals surface area contributed by atoms with E-state index in [1.165, 1.54) is 0 Å². The Hall–Kier alpha value is -2.08. The second-order valence-corrected chi connectivity index (χ2v) is 5.10. The molecule has 0 fully saturated rings. The fourth-order valence-corrected chi connectivity index (χ4v) is 2.09. The average molecular weight is 351 g/mol. The second-order valence-electron chi connectivity index (χ2n) is 5.10. The van der Waals surface area contributed by atoms with Crippen molar-refractivity contribution in [2.45, 2.75) is 12.5 Å². The highest BCUT2D eigenvalue weighted by molar-refractivity contribution is 5.95. The number of carbonyl (C=O) groups is 1. The summed E-state index contributed by atoms with van der Waals surface area (Å²) in [6.07, 6.45) is 0.811. The molecule has 1 amide bonds. The summed E-state index contributed by atoms with van der Waals surface area (Å²) in [6, 6.07) is 15.8. The van der Waals surface area contributed by atoms with Crippen molar-refractivity contribution >= 4 is 24.0 Å². The van der Waals surface area contributed by atoms with Crippen LogP contribution in [0.3, 0.4) is 0 Å². The Labute approximate surface area is 148 Å². The summed E-state index contributed by atoms with van der Waals surface area (Å²) in [4.78, 5) is 12.2. The van der Waals surface area contributed by atoms with E-state index >= 15 is 0 Å². The molecule has 3 N–H and O–H groups in total. The lowest BCUT2D eigenvalue weighted by Gasteiger charge is -2.13. The number of benzene rings is 2. The third-order valence-electron chi connectivity index (χ3n) is 3.30. The summed E-state index contributed by atoms with van der Waals surface area (Å²) in [5.41, 5.74) is 7.41. The first-order valence-corrected chi connectivity index (χ1v) is 7.54. The van der Waals surface area contributed by atoms with E-state index in [0.717, 1.165) is 12.0 Å². The lowest BCUT2D eigenvalue weighted by atomic mass is 10.1. The van der Waals surface area contributed by atoms with E-state index in [1.807, 2.05) is 42.5 Å². The molecule has 6 heteroatoms. The molecule has 5 nitrogen and oxygen atoms in total. The molecule has 0 aromatic heterocycles. The van der Waals surface area contributed by atoms with Crippen molar-refractivity contribution in [2.75, 3.05) is 25.6 Å². The van der Waals surface area contributed by atoms with Crippen molar-refractivity contribution in [2.24, 2.45) is 5.73 Å². The summed E-state index contributed by atoms with van der Waals surface area (Å²) in [5.74, 6) is 0.444. The third kappa shape index (κ3) is 6.20. The molecule has 2 aromatic rings. The molecule has 24 heavy (non-hydrogen) atoms. The summed E-state index contributed by atoms with van der Waals surface area (Å²) in [5, 5.41) is 2.81. The van der Waals surface area contributed by atoms with Gasteiger partial charge >= 0.3 is 0 Å². The molecule has 0 saturated heterocycles. The number of hydrogen-bond acceptors (Lipinski definition) is 4. The third-order valence-corrected chi connectivity index (χ3v) is 3.30. The van der Waals surface area contributed by atoms with E-state index < -0.39 is 6.04 Å². The van der Waals surface area contributed by atoms with Gasteiger partial charge in [0.15, 0.2) is 0 Å². The molecule has 1 atom stereocenters. The van der Waals surface area contributed by atoms with Gasteiger partial charge in [0, 0.05) is 31.9 Å². The fourth-order valence-electron chi connectivity index (χ4n) is 2.09. The number of halogens is 1. The van der Waals surface area contributed by atoms with Crippen molar-refractivity contribution in [3.05, 3.63) is 60.2 Å². The molecule has 0 saturated carbocycles. The van der Waals surface area contributed by atoms with Crippen LogP contribution in [-0.4, -0.2) is 26.2 Å². The van der Waals surface area contributed by atoms with Gasteiger partial charge < -0.3 is 20.5 Å². The smallest absolute Gasteiger partial charge is 0.245 e. The fraction of sp³-hybridized carbons (Fsp3) is 0.278. The highest BCUT2D eigenvalue weighted by Crippen LogP contribution is 2.19. The van der Waals surface area contributed by atoms with Crippen LogP contribution in [0.1, 0.15) is 18.0 Å². The molecule has 2 aromatic carbocycles. The quantitative estimate of drug-likeness (QED) is 0.717. The Morgan fingerprint density at radius 3 is 2.58 bits per heavy atom. The van der Waals surface area contributed by atoms with Gasteiger partial charge in [0.1, 0.15) is 11.8 Å². The number of hydrogen-bond donors (Lipinski definition) is 2. The second kappa shape index (κ2) is 10.6. The van der Waals surface area contributed by atoms with Crippen molar-refractivity contribution in [3.63, 3.8) is 0 Å². The van der Waals surface area contributed by atoms with Crippen LogP contribution in [0.4, 0.5) is 5.69 Å². The van der Waals surface area contributed by atoms with Crippen molar-refractivity contribution in [3.8, 4) is 5.75 Å². The van der Waals surface area contributed by atoms with Crippen LogP contribution in [0.25, 0.3) is 0 Å². The molecule has 1 unspecified atom stereocenters. The highest BCUT2D eigenvalue weighted by atomic mass is 35.5. The van der Waals surface area contributed by atoms with Gasteiger partial charge in [0.05, 0.1) is 6.61 Å². The Bertz CT molecular complexity index is 623. The zero-order valence-electron chi connectivity index (χ0n) is 13.6. The standard InChI is InChI=1S/C18H22N2O3.ClH/c1-22-11-6-12-23-16-10-5-9-15(13-16)20-18(21)17(19)14-7-3-2-4-8-14;/h2-5,7-10,13,17H,6,11-12,19H2,1H3,(H,20,21);1H. The Morgan fingerprint density at radius 1 is 1.12 bits per heavy atom. The van der Waals surface area contributed by atoms with Gasteiger partial charge in [-0.1, -0.05) is 36.4 Å². The first kappa shape index (κ1) is 20.0. The number of amides is 1. The highest BCUT2D eigenvalue weighted by Gasteiger charge is 2.15. The first-order valence-electron chi connectivity index (χ1n) is 7.54. The minimum Gasteiger partial charge on any atom is -0.493 e. The van der Waals surface area contributed by atoms with Crippen molar-refractivity contribution in [1.29, 1.82) is 0 Å². The van der Waals surface area contributed by atoms with Crippen molar-refractivity contribution in [1.82, 2.24) is 0 Å². The maximum absolute atomic E-state index is 12.2. The zero-order valence-corrected chi connectivity index (χ0v) is 14.4. The maximum Gasteiger partial charge on any atom is 0.245 e. The van der Waals surface area contributed by atoms with Crippen LogP contribution in [0.5, 0.6) is 5.75 Å². The predicted octanol–water partition coefficient (Wildman–Crippen LogP) is 3.16. The van der Waals surface area contributed by atoms with Crippen LogP contribution in [-0.2, 0) is 9.53 Å². The molecule has 0 heterocycles. The van der Waals surface area contributed by atoms with Crippen molar-refractivity contribution < 1.29 is 14.3 Å². The molecule has 0 radical (unpaired) electrons. The summed E-state index contributed by atoms with van der Waals surface area (Å²) in [6.45, 7) is 1.22. The van der Waals surface area contributed by atoms with Gasteiger partial charge in [-0.15, -0.1) is 12.4 Å². The molecular weight excluding hydrogens is 328 g/mol. The summed E-state index contributed by atoms with van der Waals surface area (Å²) >= 11 is 0. The number of rotatable bonds is 8. The predicted molar refractivity (Wildman–Crippen MR) is 97.7 cm³/mol. The lowest BCUT2D eigenvalue weighted by molar-refractivity contribution is -0.117. The molecular formula is C18H23ClN2O3. The van der Waals surface area contributed by atoms with Crippen LogP contribution in [0.2, 0.25) is 0 Å². The van der Waals surface area contributed by atoms with Gasteiger partial charge in [-0.25, -0.2) is 0 Å². The van der Waals surface area contributed by atoms with Gasteiger partial charge in [-0.2, -0.15) is 0 Å².